The molecule has 6 nitrogen and oxygen atoms in total. The van der Waals surface area contributed by atoms with Crippen molar-refractivity contribution >= 4 is 34.0 Å². The predicted molar refractivity (Wildman–Crippen MR) is 133 cm³/mol. The highest BCUT2D eigenvalue weighted by atomic mass is 35.5. The van der Waals surface area contributed by atoms with Crippen molar-refractivity contribution < 1.29 is 14.3 Å². The Morgan fingerprint density at radius 2 is 1.94 bits per heavy atom. The number of hydrogen-bond donors (Lipinski definition) is 1. The standard InChI is InChI=1S/C26H26ClN3O3S/c27-19-6-2-1-5-17(19)13-20(30-11-3-4-12-30)23-15-28-25(34-23)29-24(31)26(9-10-26)18-7-8-21-22(14-18)33-16-32-21/h1-2,5-8,14-15,20H,3-4,9-13,16H2,(H,28,29,31). The van der Waals surface area contributed by atoms with Gasteiger partial charge < -0.3 is 14.8 Å². The summed E-state index contributed by atoms with van der Waals surface area (Å²) in [5.74, 6) is 1.44. The van der Waals surface area contributed by atoms with Gasteiger partial charge in [0.25, 0.3) is 0 Å². The van der Waals surface area contributed by atoms with Crippen LogP contribution in [0.1, 0.15) is 47.7 Å². The highest BCUT2D eigenvalue weighted by Gasteiger charge is 2.52. The third-order valence-electron chi connectivity index (χ3n) is 7.13. The molecule has 1 saturated heterocycles. The van der Waals surface area contributed by atoms with Crippen molar-refractivity contribution in [2.75, 3.05) is 25.2 Å². The number of nitrogens with zero attached hydrogens (tertiary/aromatic N) is 2. The fourth-order valence-corrected chi connectivity index (χ4v) is 6.18. The van der Waals surface area contributed by atoms with Gasteiger partial charge in [0.05, 0.1) is 5.41 Å². The molecule has 0 bridgehead atoms. The Kier molecular flexibility index (Phi) is 5.71. The van der Waals surface area contributed by atoms with Crippen molar-refractivity contribution in [3.8, 4) is 11.5 Å². The second-order valence-electron chi connectivity index (χ2n) is 9.23. The van der Waals surface area contributed by atoms with Crippen LogP contribution >= 0.6 is 22.9 Å². The van der Waals surface area contributed by atoms with Crippen molar-refractivity contribution in [1.29, 1.82) is 0 Å². The molecule has 2 fully saturated rings. The lowest BCUT2D eigenvalue weighted by atomic mass is 9.94. The van der Waals surface area contributed by atoms with Gasteiger partial charge in [-0.15, -0.1) is 11.3 Å². The number of hydrogen-bond acceptors (Lipinski definition) is 6. The smallest absolute Gasteiger partial charge is 0.236 e. The largest absolute Gasteiger partial charge is 0.454 e. The average molecular weight is 496 g/mol. The van der Waals surface area contributed by atoms with Gasteiger partial charge in [0.2, 0.25) is 12.7 Å². The number of likely N-dealkylation sites (tertiary alicyclic amines) is 1. The van der Waals surface area contributed by atoms with E-state index in [1.165, 1.54) is 12.8 Å². The molecule has 1 unspecified atom stereocenters. The number of ether oxygens (including phenoxy) is 2. The third kappa shape index (κ3) is 4.06. The van der Waals surface area contributed by atoms with Crippen molar-refractivity contribution in [3.63, 3.8) is 0 Å². The van der Waals surface area contributed by atoms with Crippen molar-refractivity contribution in [2.24, 2.45) is 0 Å². The van der Waals surface area contributed by atoms with E-state index in [-0.39, 0.29) is 18.7 Å². The van der Waals surface area contributed by atoms with Gasteiger partial charge >= 0.3 is 0 Å². The monoisotopic (exact) mass is 495 g/mol. The number of halogens is 1. The minimum absolute atomic E-state index is 0.00362. The molecular formula is C26H26ClN3O3S. The van der Waals surface area contributed by atoms with Gasteiger partial charge in [-0.3, -0.25) is 9.69 Å². The molecule has 0 radical (unpaired) electrons. The molecule has 0 spiro atoms. The lowest BCUT2D eigenvalue weighted by molar-refractivity contribution is -0.118. The Bertz CT molecular complexity index is 1220. The van der Waals surface area contributed by atoms with Crippen LogP contribution in [0.5, 0.6) is 11.5 Å². The van der Waals surface area contributed by atoms with Crippen LogP contribution in [0, 0.1) is 0 Å². The lowest BCUT2D eigenvalue weighted by Crippen LogP contribution is -2.27. The number of thiazole rings is 1. The number of carbonyl (C=O) groups is 1. The summed E-state index contributed by atoms with van der Waals surface area (Å²) in [6.45, 7) is 2.37. The number of fused-ring (bicyclic) bond motifs is 1. The number of anilines is 1. The molecule has 6 rings (SSSR count). The van der Waals surface area contributed by atoms with E-state index in [0.29, 0.717) is 10.9 Å². The maximum Gasteiger partial charge on any atom is 0.236 e. The fourth-order valence-electron chi connectivity index (χ4n) is 5.02. The number of nitrogens with one attached hydrogen (secondary N) is 1. The summed E-state index contributed by atoms with van der Waals surface area (Å²) in [5.41, 5.74) is 1.60. The number of rotatable bonds is 7. The van der Waals surface area contributed by atoms with Crippen molar-refractivity contribution in [1.82, 2.24) is 9.88 Å². The second-order valence-corrected chi connectivity index (χ2v) is 10.7. The minimum atomic E-state index is -0.515. The first kappa shape index (κ1) is 21.9. The van der Waals surface area contributed by atoms with Crippen molar-refractivity contribution in [2.45, 2.75) is 43.6 Å². The van der Waals surface area contributed by atoms with E-state index in [2.05, 4.69) is 21.3 Å². The molecule has 1 amide bonds. The van der Waals surface area contributed by atoms with Crippen molar-refractivity contribution in [3.05, 3.63) is 69.7 Å². The van der Waals surface area contributed by atoms with Crippen LogP contribution in [0.3, 0.4) is 0 Å². The lowest BCUT2D eigenvalue weighted by Gasteiger charge is -2.26. The third-order valence-corrected chi connectivity index (χ3v) is 8.52. The van der Waals surface area contributed by atoms with E-state index < -0.39 is 5.41 Å². The molecule has 8 heteroatoms. The topological polar surface area (TPSA) is 63.7 Å². The molecule has 3 aliphatic rings. The summed E-state index contributed by atoms with van der Waals surface area (Å²) in [6, 6.07) is 14.0. The molecule has 1 aliphatic carbocycles. The zero-order chi connectivity index (χ0) is 23.1. The van der Waals surface area contributed by atoms with E-state index in [9.17, 15) is 4.79 Å². The van der Waals surface area contributed by atoms with Gasteiger partial charge in [0.15, 0.2) is 16.6 Å². The summed E-state index contributed by atoms with van der Waals surface area (Å²) in [6.07, 6.45) is 6.80. The molecule has 1 atom stereocenters. The first-order valence-corrected chi connectivity index (χ1v) is 13.0. The van der Waals surface area contributed by atoms with Gasteiger partial charge in [0.1, 0.15) is 0 Å². The SMILES string of the molecule is O=C(Nc1ncc(C(Cc2ccccc2Cl)N2CCCC2)s1)C1(c2ccc3c(c2)OCO3)CC1. The van der Waals surface area contributed by atoms with E-state index in [4.69, 9.17) is 21.1 Å². The quantitative estimate of drug-likeness (QED) is 0.464. The first-order valence-electron chi connectivity index (χ1n) is 11.8. The zero-order valence-corrected chi connectivity index (χ0v) is 20.3. The van der Waals surface area contributed by atoms with E-state index in [1.54, 1.807) is 11.3 Å². The zero-order valence-electron chi connectivity index (χ0n) is 18.8. The maximum atomic E-state index is 13.3. The average Bonchev–Trinajstić information content (AvgIpc) is 3.22. The number of benzene rings is 2. The van der Waals surface area contributed by atoms with Crippen LogP contribution in [0.25, 0.3) is 0 Å². The molecular weight excluding hydrogens is 470 g/mol. The van der Waals surface area contributed by atoms with Crippen LogP contribution in [0.2, 0.25) is 5.02 Å². The summed E-state index contributed by atoms with van der Waals surface area (Å²) in [4.78, 5) is 21.6. The Hall–Kier alpha value is -2.61. The number of aromatic nitrogens is 1. The molecule has 2 aromatic carbocycles. The fraction of sp³-hybridized carbons (Fsp3) is 0.385. The summed E-state index contributed by atoms with van der Waals surface area (Å²) < 4.78 is 10.9. The maximum absolute atomic E-state index is 13.3. The number of amides is 1. The molecule has 1 saturated carbocycles. The summed E-state index contributed by atoms with van der Waals surface area (Å²) >= 11 is 8.05. The Morgan fingerprint density at radius 3 is 2.74 bits per heavy atom. The highest BCUT2D eigenvalue weighted by Crippen LogP contribution is 2.51. The number of carbonyl (C=O) groups excluding carboxylic acids is 1. The molecule has 3 heterocycles. The van der Waals surface area contributed by atoms with Crippen LogP contribution in [0.15, 0.2) is 48.7 Å². The highest BCUT2D eigenvalue weighted by molar-refractivity contribution is 7.15. The van der Waals surface area contributed by atoms with Crippen LogP contribution in [-0.2, 0) is 16.6 Å². The normalized spacial score (nSPS) is 19.2. The molecule has 1 aromatic heterocycles. The molecule has 3 aromatic rings. The van der Waals surface area contributed by atoms with Gasteiger partial charge in [-0.2, -0.15) is 0 Å². The molecule has 1 N–H and O–H groups in total. The van der Waals surface area contributed by atoms with Gasteiger partial charge in [-0.25, -0.2) is 4.98 Å². The van der Waals surface area contributed by atoms with Crippen LogP contribution in [0.4, 0.5) is 5.13 Å². The summed E-state index contributed by atoms with van der Waals surface area (Å²) in [5, 5.41) is 4.55. The van der Waals surface area contributed by atoms with Crippen LogP contribution in [-0.4, -0.2) is 35.7 Å². The Morgan fingerprint density at radius 1 is 1.15 bits per heavy atom. The Labute approximate surface area is 207 Å². The van der Waals surface area contributed by atoms with Crippen LogP contribution < -0.4 is 14.8 Å². The van der Waals surface area contributed by atoms with E-state index >= 15 is 0 Å². The van der Waals surface area contributed by atoms with Gasteiger partial charge in [0, 0.05) is 22.1 Å². The van der Waals surface area contributed by atoms with E-state index in [1.807, 2.05) is 42.6 Å². The predicted octanol–water partition coefficient (Wildman–Crippen LogP) is 5.58. The molecule has 2 aliphatic heterocycles. The first-order chi connectivity index (χ1) is 16.6. The molecule has 176 valence electrons. The molecule has 34 heavy (non-hydrogen) atoms. The Balaban J connectivity index is 1.21. The van der Waals surface area contributed by atoms with Gasteiger partial charge in [-0.05, 0) is 74.5 Å². The van der Waals surface area contributed by atoms with Gasteiger partial charge in [-0.1, -0.05) is 35.9 Å². The minimum Gasteiger partial charge on any atom is -0.454 e. The van der Waals surface area contributed by atoms with E-state index in [0.717, 1.165) is 59.1 Å². The summed E-state index contributed by atoms with van der Waals surface area (Å²) in [7, 11) is 0. The second kappa shape index (κ2) is 8.87.